The Hall–Kier alpha value is -2.70. The number of pyridine rings is 1. The first-order chi connectivity index (χ1) is 13.8. The van der Waals surface area contributed by atoms with E-state index in [0.29, 0.717) is 6.54 Å². The molecule has 2 aliphatic rings. The fraction of sp³-hybridized carbons (Fsp3) is 0.524. The fourth-order valence-electron chi connectivity index (χ4n) is 4.01. The number of nitrogens with zero attached hydrogens (tertiary/aromatic N) is 5. The lowest BCUT2D eigenvalue weighted by molar-refractivity contribution is -0.125. The van der Waals surface area contributed by atoms with Gasteiger partial charge in [0, 0.05) is 57.1 Å². The summed E-state index contributed by atoms with van der Waals surface area (Å²) in [6.45, 7) is 4.39. The highest BCUT2D eigenvalue weighted by atomic mass is 16.1. The minimum atomic E-state index is 0.0660. The van der Waals surface area contributed by atoms with Crippen molar-refractivity contribution in [1.29, 1.82) is 0 Å². The predicted molar refractivity (Wildman–Crippen MR) is 109 cm³/mol. The lowest BCUT2D eigenvalue weighted by atomic mass is 9.96. The number of aromatic nitrogens is 3. The van der Waals surface area contributed by atoms with Crippen LogP contribution in [0.25, 0.3) is 0 Å². The minimum absolute atomic E-state index is 0.0660. The van der Waals surface area contributed by atoms with E-state index in [0.717, 1.165) is 56.2 Å². The van der Waals surface area contributed by atoms with Crippen molar-refractivity contribution in [3.63, 3.8) is 0 Å². The predicted octanol–water partition coefficient (Wildman–Crippen LogP) is 2.39. The number of amides is 1. The zero-order valence-corrected chi connectivity index (χ0v) is 16.3. The molecule has 2 aromatic heterocycles. The highest BCUT2D eigenvalue weighted by molar-refractivity contribution is 5.79. The summed E-state index contributed by atoms with van der Waals surface area (Å²) in [4.78, 5) is 30.2. The number of hydrogen-bond acceptors (Lipinski definition) is 6. The van der Waals surface area contributed by atoms with Crippen molar-refractivity contribution in [3.8, 4) is 0 Å². The van der Waals surface area contributed by atoms with Crippen LogP contribution in [0.4, 0.5) is 11.6 Å². The van der Waals surface area contributed by atoms with Crippen LogP contribution in [-0.4, -0.2) is 47.0 Å². The summed E-state index contributed by atoms with van der Waals surface area (Å²) in [6, 6.07) is 5.97. The van der Waals surface area contributed by atoms with Crippen LogP contribution in [0, 0.1) is 5.92 Å². The summed E-state index contributed by atoms with van der Waals surface area (Å²) < 4.78 is 0. The normalized spacial score (nSPS) is 18.1. The molecule has 0 unspecified atom stereocenters. The third-order valence-corrected chi connectivity index (χ3v) is 5.70. The maximum absolute atomic E-state index is 12.5. The molecule has 28 heavy (non-hydrogen) atoms. The maximum Gasteiger partial charge on any atom is 0.223 e. The standard InChI is InChI=1S/C21H28N6O/c28-21(23-15-17-5-4-8-22-14-17)18-6-11-27(12-7-18)20-13-19(24-16-25-20)26-9-2-1-3-10-26/h4-5,8,13-14,16,18H,1-3,6-7,9-12,15H2,(H,23,28). The molecule has 0 bridgehead atoms. The van der Waals surface area contributed by atoms with Gasteiger partial charge in [-0.1, -0.05) is 6.07 Å². The summed E-state index contributed by atoms with van der Waals surface area (Å²) >= 11 is 0. The monoisotopic (exact) mass is 380 g/mol. The summed E-state index contributed by atoms with van der Waals surface area (Å²) in [6.07, 6.45) is 10.7. The third-order valence-electron chi connectivity index (χ3n) is 5.70. The van der Waals surface area contributed by atoms with Crippen LogP contribution in [0.15, 0.2) is 36.9 Å². The van der Waals surface area contributed by atoms with Crippen LogP contribution in [0.1, 0.15) is 37.7 Å². The van der Waals surface area contributed by atoms with E-state index in [1.54, 1.807) is 18.7 Å². The van der Waals surface area contributed by atoms with Crippen molar-refractivity contribution >= 4 is 17.5 Å². The highest BCUT2D eigenvalue weighted by Gasteiger charge is 2.26. The number of nitrogens with one attached hydrogen (secondary N) is 1. The van der Waals surface area contributed by atoms with E-state index in [9.17, 15) is 4.79 Å². The van der Waals surface area contributed by atoms with E-state index in [1.165, 1.54) is 19.3 Å². The van der Waals surface area contributed by atoms with Crippen molar-refractivity contribution in [1.82, 2.24) is 20.3 Å². The van der Waals surface area contributed by atoms with Gasteiger partial charge in [-0.2, -0.15) is 0 Å². The molecule has 0 aliphatic carbocycles. The molecule has 1 amide bonds. The molecule has 7 heteroatoms. The van der Waals surface area contributed by atoms with E-state index in [2.05, 4.69) is 36.1 Å². The molecule has 0 spiro atoms. The molecule has 0 radical (unpaired) electrons. The van der Waals surface area contributed by atoms with Gasteiger partial charge in [0.15, 0.2) is 0 Å². The van der Waals surface area contributed by atoms with Crippen LogP contribution in [0.2, 0.25) is 0 Å². The number of piperidine rings is 2. The first-order valence-electron chi connectivity index (χ1n) is 10.3. The Bertz CT molecular complexity index is 769. The lowest BCUT2D eigenvalue weighted by Gasteiger charge is -2.33. The first kappa shape index (κ1) is 18.7. The Labute approximate surface area is 166 Å². The Morgan fingerprint density at radius 2 is 1.75 bits per heavy atom. The van der Waals surface area contributed by atoms with Crippen molar-refractivity contribution in [3.05, 3.63) is 42.5 Å². The zero-order valence-electron chi connectivity index (χ0n) is 16.3. The average Bonchev–Trinajstić information content (AvgIpc) is 2.79. The lowest BCUT2D eigenvalue weighted by Crippen LogP contribution is -2.40. The summed E-state index contributed by atoms with van der Waals surface area (Å²) in [5.41, 5.74) is 1.03. The molecule has 2 aliphatic heterocycles. The summed E-state index contributed by atoms with van der Waals surface area (Å²) in [7, 11) is 0. The van der Waals surface area contributed by atoms with E-state index < -0.39 is 0 Å². The quantitative estimate of drug-likeness (QED) is 0.859. The van der Waals surface area contributed by atoms with E-state index >= 15 is 0 Å². The molecule has 2 fully saturated rings. The Kier molecular flexibility index (Phi) is 5.99. The Balaban J connectivity index is 1.29. The maximum atomic E-state index is 12.5. The van der Waals surface area contributed by atoms with Gasteiger partial charge in [0.2, 0.25) is 5.91 Å². The molecule has 148 valence electrons. The second-order valence-corrected chi connectivity index (χ2v) is 7.62. The van der Waals surface area contributed by atoms with Crippen LogP contribution in [0.5, 0.6) is 0 Å². The molecule has 0 aromatic carbocycles. The molecular formula is C21H28N6O. The van der Waals surface area contributed by atoms with Gasteiger partial charge in [-0.25, -0.2) is 9.97 Å². The largest absolute Gasteiger partial charge is 0.356 e. The third kappa shape index (κ3) is 4.58. The van der Waals surface area contributed by atoms with Gasteiger partial charge in [0.25, 0.3) is 0 Å². The summed E-state index contributed by atoms with van der Waals surface area (Å²) in [5.74, 6) is 2.21. The minimum Gasteiger partial charge on any atom is -0.356 e. The molecule has 4 heterocycles. The van der Waals surface area contributed by atoms with Gasteiger partial charge in [-0.3, -0.25) is 9.78 Å². The van der Waals surface area contributed by atoms with E-state index in [4.69, 9.17) is 0 Å². The average molecular weight is 380 g/mol. The topological polar surface area (TPSA) is 74.2 Å². The number of carbonyl (C=O) groups excluding carboxylic acids is 1. The van der Waals surface area contributed by atoms with E-state index in [-0.39, 0.29) is 11.8 Å². The van der Waals surface area contributed by atoms with Crippen molar-refractivity contribution < 1.29 is 4.79 Å². The highest BCUT2D eigenvalue weighted by Crippen LogP contribution is 2.25. The second-order valence-electron chi connectivity index (χ2n) is 7.62. The first-order valence-corrected chi connectivity index (χ1v) is 10.3. The van der Waals surface area contributed by atoms with Gasteiger partial charge < -0.3 is 15.1 Å². The van der Waals surface area contributed by atoms with Gasteiger partial charge in [-0.05, 0) is 43.7 Å². The molecule has 1 N–H and O–H groups in total. The van der Waals surface area contributed by atoms with Gasteiger partial charge in [-0.15, -0.1) is 0 Å². The fourth-order valence-corrected chi connectivity index (χ4v) is 4.01. The molecule has 4 rings (SSSR count). The number of carbonyl (C=O) groups is 1. The van der Waals surface area contributed by atoms with Gasteiger partial charge in [0.1, 0.15) is 18.0 Å². The SMILES string of the molecule is O=C(NCc1cccnc1)C1CCN(c2cc(N3CCCCC3)ncn2)CC1. The van der Waals surface area contributed by atoms with Gasteiger partial charge >= 0.3 is 0 Å². The van der Waals surface area contributed by atoms with Gasteiger partial charge in [0.05, 0.1) is 0 Å². The van der Waals surface area contributed by atoms with E-state index in [1.807, 2.05) is 12.1 Å². The smallest absolute Gasteiger partial charge is 0.223 e. The zero-order chi connectivity index (χ0) is 19.2. The van der Waals surface area contributed by atoms with Crippen molar-refractivity contribution in [2.45, 2.75) is 38.6 Å². The molecule has 2 aromatic rings. The molecule has 2 saturated heterocycles. The van der Waals surface area contributed by atoms with Crippen molar-refractivity contribution in [2.75, 3.05) is 36.0 Å². The van der Waals surface area contributed by atoms with Crippen LogP contribution < -0.4 is 15.1 Å². The Morgan fingerprint density at radius 3 is 2.43 bits per heavy atom. The number of anilines is 2. The Morgan fingerprint density at radius 1 is 1.04 bits per heavy atom. The second kappa shape index (κ2) is 8.99. The molecule has 0 saturated carbocycles. The number of hydrogen-bond donors (Lipinski definition) is 1. The van der Waals surface area contributed by atoms with Crippen molar-refractivity contribution in [2.24, 2.45) is 5.92 Å². The molecule has 7 nitrogen and oxygen atoms in total. The number of rotatable bonds is 5. The molecule has 0 atom stereocenters. The van der Waals surface area contributed by atoms with Crippen LogP contribution in [0.3, 0.4) is 0 Å². The van der Waals surface area contributed by atoms with Crippen LogP contribution in [-0.2, 0) is 11.3 Å². The van der Waals surface area contributed by atoms with Crippen LogP contribution >= 0.6 is 0 Å². The summed E-state index contributed by atoms with van der Waals surface area (Å²) in [5, 5.41) is 3.05. The molecular weight excluding hydrogens is 352 g/mol.